The zero-order valence-electron chi connectivity index (χ0n) is 34.1. The first-order valence-corrected chi connectivity index (χ1v) is 20.7. The van der Waals surface area contributed by atoms with Crippen LogP contribution in [-0.4, -0.2) is 43.0 Å². The summed E-state index contributed by atoms with van der Waals surface area (Å²) < 4.78 is 31.2. The van der Waals surface area contributed by atoms with E-state index in [0.29, 0.717) is 34.1 Å². The summed E-state index contributed by atoms with van der Waals surface area (Å²) in [5, 5.41) is 11.5. The Labute approximate surface area is 362 Å². The average Bonchev–Trinajstić information content (AvgIpc) is 3.65. The number of hydrogen-bond donors (Lipinski definition) is 1. The fraction of sp³-hybridized carbons (Fsp3) is 0.240. The monoisotopic (exact) mass is 852 g/mol. The number of hydrogen-bond acceptors (Lipinski definition) is 8. The predicted octanol–water partition coefficient (Wildman–Crippen LogP) is 9.39. The van der Waals surface area contributed by atoms with E-state index in [9.17, 15) is 28.7 Å². The molecule has 2 saturated heterocycles. The molecule has 0 unspecified atom stereocenters. The highest BCUT2D eigenvalue weighted by Gasteiger charge is 2.68. The SMILES string of the molecule is COc1ccc(OC)c(C=Cc2ccc(N3C(=O)[C@H]4[C@H](CC=C5[C@H]4C[C@H]4C(=O)N(c6ccc(F)c(Cl)c6)C(=O)[C@@]4(C)[C@H]5c4ccc(OCc5ccccc5)cc4O)C3=O)cc2)c1. The number of phenolic OH excluding ortho intramolecular Hbond substituents is 1. The maximum absolute atomic E-state index is 14.8. The van der Waals surface area contributed by atoms with Gasteiger partial charge in [-0.1, -0.05) is 83.9 Å². The highest BCUT2D eigenvalue weighted by Crippen LogP contribution is 2.64. The second-order valence-electron chi connectivity index (χ2n) is 16.3. The summed E-state index contributed by atoms with van der Waals surface area (Å²) in [6.07, 6.45) is 6.02. The minimum Gasteiger partial charge on any atom is -0.508 e. The Balaban J connectivity index is 1.06. The predicted molar refractivity (Wildman–Crippen MR) is 232 cm³/mol. The first kappa shape index (κ1) is 40.7. The highest BCUT2D eigenvalue weighted by molar-refractivity contribution is 6.32. The van der Waals surface area contributed by atoms with Crippen LogP contribution in [0.3, 0.4) is 0 Å². The number of aromatic hydroxyl groups is 1. The zero-order chi connectivity index (χ0) is 43.4. The lowest BCUT2D eigenvalue weighted by Gasteiger charge is -2.49. The highest BCUT2D eigenvalue weighted by atomic mass is 35.5. The van der Waals surface area contributed by atoms with Crippen LogP contribution in [-0.2, 0) is 25.8 Å². The number of carbonyl (C=O) groups is 4. The molecule has 6 atom stereocenters. The first-order chi connectivity index (χ1) is 29.9. The molecule has 0 bridgehead atoms. The van der Waals surface area contributed by atoms with E-state index in [0.717, 1.165) is 27.7 Å². The molecule has 4 aliphatic rings. The molecule has 3 fully saturated rings. The third-order valence-corrected chi connectivity index (χ3v) is 13.3. The van der Waals surface area contributed by atoms with Gasteiger partial charge in [0, 0.05) is 23.1 Å². The molecule has 2 aliphatic heterocycles. The van der Waals surface area contributed by atoms with Crippen LogP contribution in [0.1, 0.15) is 47.9 Å². The van der Waals surface area contributed by atoms with E-state index in [1.165, 1.54) is 23.1 Å². The number of imide groups is 2. The normalized spacial score (nSPS) is 24.2. The summed E-state index contributed by atoms with van der Waals surface area (Å²) in [5.74, 6) is -4.92. The molecule has 0 radical (unpaired) electrons. The van der Waals surface area contributed by atoms with Gasteiger partial charge in [0.1, 0.15) is 35.4 Å². The summed E-state index contributed by atoms with van der Waals surface area (Å²) in [6, 6.07) is 30.7. The Morgan fingerprint density at radius 3 is 2.24 bits per heavy atom. The molecular weight excluding hydrogens is 811 g/mol. The number of methoxy groups -OCH3 is 2. The molecule has 62 heavy (non-hydrogen) atoms. The molecule has 9 rings (SSSR count). The smallest absolute Gasteiger partial charge is 0.241 e. The van der Waals surface area contributed by atoms with Crippen LogP contribution >= 0.6 is 11.6 Å². The number of nitrogens with zero attached hydrogens (tertiary/aromatic N) is 2. The second-order valence-corrected chi connectivity index (χ2v) is 16.7. The fourth-order valence-corrected chi connectivity index (χ4v) is 10.1. The van der Waals surface area contributed by atoms with E-state index in [1.807, 2.05) is 78.9 Å². The summed E-state index contributed by atoms with van der Waals surface area (Å²) >= 11 is 6.16. The number of fused-ring (bicyclic) bond motifs is 4. The quantitative estimate of drug-likeness (QED) is 0.0838. The molecule has 5 aromatic carbocycles. The lowest BCUT2D eigenvalue weighted by molar-refractivity contribution is -0.131. The van der Waals surface area contributed by atoms with E-state index >= 15 is 0 Å². The summed E-state index contributed by atoms with van der Waals surface area (Å²) in [7, 11) is 3.18. The van der Waals surface area contributed by atoms with E-state index < -0.39 is 58.5 Å². The van der Waals surface area contributed by atoms with Gasteiger partial charge in [-0.05, 0) is 91.4 Å². The number of rotatable bonds is 10. The van der Waals surface area contributed by atoms with Crippen molar-refractivity contribution in [3.05, 3.63) is 154 Å². The largest absolute Gasteiger partial charge is 0.508 e. The molecule has 314 valence electrons. The number of halogens is 2. The summed E-state index contributed by atoms with van der Waals surface area (Å²) in [6.45, 7) is 1.97. The van der Waals surface area contributed by atoms with Gasteiger partial charge < -0.3 is 19.3 Å². The fourth-order valence-electron chi connectivity index (χ4n) is 9.97. The molecular formula is C50H42ClFN2O8. The van der Waals surface area contributed by atoms with Crippen molar-refractivity contribution >= 4 is 58.8 Å². The Morgan fingerprint density at radius 1 is 0.790 bits per heavy atom. The topological polar surface area (TPSA) is 123 Å². The molecule has 5 aromatic rings. The molecule has 12 heteroatoms. The van der Waals surface area contributed by atoms with Gasteiger partial charge in [-0.25, -0.2) is 9.29 Å². The van der Waals surface area contributed by atoms with Crippen molar-refractivity contribution in [1.82, 2.24) is 0 Å². The van der Waals surface area contributed by atoms with Crippen LogP contribution in [0.4, 0.5) is 15.8 Å². The number of benzene rings is 5. The molecule has 0 aromatic heterocycles. The average molecular weight is 853 g/mol. The number of amides is 4. The van der Waals surface area contributed by atoms with Crippen molar-refractivity contribution in [2.24, 2.45) is 29.1 Å². The van der Waals surface area contributed by atoms with Gasteiger partial charge in [-0.15, -0.1) is 0 Å². The van der Waals surface area contributed by atoms with Crippen molar-refractivity contribution < 1.29 is 42.9 Å². The van der Waals surface area contributed by atoms with Gasteiger partial charge in [0.05, 0.1) is 53.8 Å². The van der Waals surface area contributed by atoms with Gasteiger partial charge in [-0.3, -0.25) is 24.1 Å². The molecule has 2 aliphatic carbocycles. The van der Waals surface area contributed by atoms with Crippen molar-refractivity contribution in [3.63, 3.8) is 0 Å². The van der Waals surface area contributed by atoms with Gasteiger partial charge in [0.2, 0.25) is 23.6 Å². The second kappa shape index (κ2) is 16.0. The van der Waals surface area contributed by atoms with Crippen molar-refractivity contribution in [2.75, 3.05) is 24.0 Å². The zero-order valence-corrected chi connectivity index (χ0v) is 34.8. The summed E-state index contributed by atoms with van der Waals surface area (Å²) in [4.78, 5) is 60.7. The number of phenols is 1. The number of carbonyl (C=O) groups excluding carboxylic acids is 4. The molecule has 1 saturated carbocycles. The lowest BCUT2D eigenvalue weighted by Crippen LogP contribution is -2.48. The van der Waals surface area contributed by atoms with Crippen molar-refractivity contribution in [3.8, 4) is 23.0 Å². The van der Waals surface area contributed by atoms with Gasteiger partial charge in [0.25, 0.3) is 0 Å². The third-order valence-electron chi connectivity index (χ3n) is 13.0. The first-order valence-electron chi connectivity index (χ1n) is 20.3. The minimum absolute atomic E-state index is 0.0966. The van der Waals surface area contributed by atoms with Crippen molar-refractivity contribution in [1.29, 1.82) is 0 Å². The van der Waals surface area contributed by atoms with Crippen LogP contribution in [0.25, 0.3) is 12.2 Å². The van der Waals surface area contributed by atoms with Crippen LogP contribution in [0, 0.1) is 34.9 Å². The molecule has 4 amide bonds. The molecule has 10 nitrogen and oxygen atoms in total. The third kappa shape index (κ3) is 6.71. The number of ether oxygens (including phenoxy) is 3. The number of allylic oxidation sites excluding steroid dienone is 2. The van der Waals surface area contributed by atoms with Crippen LogP contribution < -0.4 is 24.0 Å². The summed E-state index contributed by atoms with van der Waals surface area (Å²) in [5.41, 5.74) is 2.73. The van der Waals surface area contributed by atoms with E-state index in [1.54, 1.807) is 45.4 Å². The van der Waals surface area contributed by atoms with Gasteiger partial charge >= 0.3 is 0 Å². The van der Waals surface area contributed by atoms with Crippen molar-refractivity contribution in [2.45, 2.75) is 32.3 Å². The Kier molecular flexibility index (Phi) is 10.5. The Hall–Kier alpha value is -6.72. The van der Waals surface area contributed by atoms with Crippen LogP contribution in [0.2, 0.25) is 5.02 Å². The maximum Gasteiger partial charge on any atom is 0.241 e. The van der Waals surface area contributed by atoms with E-state index in [2.05, 4.69) is 0 Å². The van der Waals surface area contributed by atoms with Crippen LogP contribution in [0.15, 0.2) is 121 Å². The van der Waals surface area contributed by atoms with Gasteiger partial charge in [-0.2, -0.15) is 0 Å². The molecule has 2 heterocycles. The Morgan fingerprint density at radius 2 is 1.53 bits per heavy atom. The number of anilines is 2. The van der Waals surface area contributed by atoms with Crippen LogP contribution in [0.5, 0.6) is 23.0 Å². The molecule has 0 spiro atoms. The standard InChI is InChI=1S/C50H42ClFN2O8/c1-50-39(47(57)54(49(50)59)32-15-21-41(52)40(51)24-32)26-38-35(45(50)36-18-16-34(25-42(36)55)62-27-29-7-5-4-6-8-29)19-20-37-44(38)48(58)53(46(37)56)31-13-10-28(11-14-31)9-12-30-23-33(60-2)17-22-43(30)61-3/h4-19,21-25,37-39,44-45,55H,20,26-27H2,1-3H3/t37-,38+,39-,44-,45+,50+/m0/s1. The molecule has 1 N–H and O–H groups in total. The minimum atomic E-state index is -1.44. The van der Waals surface area contributed by atoms with E-state index in [4.69, 9.17) is 25.8 Å². The van der Waals surface area contributed by atoms with E-state index in [-0.39, 0.29) is 41.8 Å². The van der Waals surface area contributed by atoms with Gasteiger partial charge in [0.15, 0.2) is 0 Å². The lowest BCUT2D eigenvalue weighted by atomic mass is 9.51. The Bertz CT molecular complexity index is 2700. The maximum atomic E-state index is 14.8.